The van der Waals surface area contributed by atoms with Crippen LogP contribution in [-0.2, 0) is 6.54 Å². The van der Waals surface area contributed by atoms with E-state index in [0.29, 0.717) is 17.7 Å². The molecule has 7 nitrogen and oxygen atoms in total. The Bertz CT molecular complexity index is 760. The number of aryl methyl sites for hydroxylation is 2. The first kappa shape index (κ1) is 17.9. The van der Waals surface area contributed by atoms with Gasteiger partial charge in [-0.05, 0) is 26.3 Å². The second-order valence-electron chi connectivity index (χ2n) is 5.69. The number of nitrogens with one attached hydrogen (secondary N) is 1. The summed E-state index contributed by atoms with van der Waals surface area (Å²) in [5.74, 6) is 0. The molecule has 128 valence electrons. The van der Waals surface area contributed by atoms with Crippen molar-refractivity contribution >= 4 is 23.1 Å². The van der Waals surface area contributed by atoms with Crippen LogP contribution < -0.4 is 5.32 Å². The predicted molar refractivity (Wildman–Crippen MR) is 93.1 cm³/mol. The number of carbonyl (C=O) groups is 1. The number of benzene rings is 1. The molecule has 0 saturated carbocycles. The first-order valence-electron chi connectivity index (χ1n) is 7.45. The SMILES string of the molecule is Cc1nc(CN(C)C(=O)N[C@@H](C)c2ccc(C)c([N+](=O)[O-])c2)cs1. The number of carbonyl (C=O) groups excluding carboxylic acids is 1. The van der Waals surface area contributed by atoms with E-state index >= 15 is 0 Å². The van der Waals surface area contributed by atoms with Gasteiger partial charge in [-0.2, -0.15) is 0 Å². The summed E-state index contributed by atoms with van der Waals surface area (Å²) in [5.41, 5.74) is 2.19. The van der Waals surface area contributed by atoms with Crippen molar-refractivity contribution in [3.63, 3.8) is 0 Å². The maximum absolute atomic E-state index is 12.3. The minimum Gasteiger partial charge on any atom is -0.331 e. The molecule has 0 saturated heterocycles. The quantitative estimate of drug-likeness (QED) is 0.661. The fraction of sp³-hybridized carbons (Fsp3) is 0.375. The van der Waals surface area contributed by atoms with Crippen LogP contribution in [0.3, 0.4) is 0 Å². The molecule has 2 rings (SSSR count). The molecule has 0 aliphatic rings. The first-order chi connectivity index (χ1) is 11.3. The summed E-state index contributed by atoms with van der Waals surface area (Å²) in [6, 6.07) is 4.40. The highest BCUT2D eigenvalue weighted by atomic mass is 32.1. The molecule has 8 heteroatoms. The molecule has 0 radical (unpaired) electrons. The molecule has 1 aromatic heterocycles. The first-order valence-corrected chi connectivity index (χ1v) is 8.33. The van der Waals surface area contributed by atoms with Crippen LogP contribution in [0.2, 0.25) is 0 Å². The van der Waals surface area contributed by atoms with Crippen molar-refractivity contribution in [1.29, 1.82) is 0 Å². The van der Waals surface area contributed by atoms with Crippen LogP contribution >= 0.6 is 11.3 Å². The minimum absolute atomic E-state index is 0.0555. The Labute approximate surface area is 144 Å². The van der Waals surface area contributed by atoms with Gasteiger partial charge in [0.05, 0.1) is 28.2 Å². The topological polar surface area (TPSA) is 88.4 Å². The molecule has 0 aliphatic heterocycles. The van der Waals surface area contributed by atoms with Gasteiger partial charge >= 0.3 is 6.03 Å². The van der Waals surface area contributed by atoms with Crippen molar-refractivity contribution in [1.82, 2.24) is 15.2 Å². The van der Waals surface area contributed by atoms with E-state index in [1.165, 1.54) is 11.0 Å². The van der Waals surface area contributed by atoms with E-state index < -0.39 is 4.92 Å². The zero-order valence-corrected chi connectivity index (χ0v) is 14.9. The summed E-state index contributed by atoms with van der Waals surface area (Å²) < 4.78 is 0. The van der Waals surface area contributed by atoms with Crippen LogP contribution in [0, 0.1) is 24.0 Å². The Morgan fingerprint density at radius 3 is 2.75 bits per heavy atom. The van der Waals surface area contributed by atoms with Crippen molar-refractivity contribution in [2.24, 2.45) is 0 Å². The molecule has 0 fully saturated rings. The predicted octanol–water partition coefficient (Wildman–Crippen LogP) is 3.57. The van der Waals surface area contributed by atoms with Crippen LogP contribution in [0.25, 0.3) is 0 Å². The van der Waals surface area contributed by atoms with Gasteiger partial charge in [-0.1, -0.05) is 12.1 Å². The molecular weight excluding hydrogens is 328 g/mol. The number of aromatic nitrogens is 1. The highest BCUT2D eigenvalue weighted by Crippen LogP contribution is 2.23. The van der Waals surface area contributed by atoms with Gasteiger partial charge in [0.15, 0.2) is 0 Å². The molecule has 1 aromatic carbocycles. The number of thiazole rings is 1. The van der Waals surface area contributed by atoms with E-state index in [2.05, 4.69) is 10.3 Å². The Kier molecular flexibility index (Phi) is 5.50. The van der Waals surface area contributed by atoms with Gasteiger partial charge in [0.25, 0.3) is 5.69 Å². The van der Waals surface area contributed by atoms with Gasteiger partial charge in [0.1, 0.15) is 0 Å². The Balaban J connectivity index is 2.03. The fourth-order valence-electron chi connectivity index (χ4n) is 2.27. The normalized spacial score (nSPS) is 11.8. The monoisotopic (exact) mass is 348 g/mol. The third-order valence-electron chi connectivity index (χ3n) is 3.68. The molecule has 0 unspecified atom stereocenters. The Morgan fingerprint density at radius 2 is 2.17 bits per heavy atom. The number of hydrogen-bond acceptors (Lipinski definition) is 5. The van der Waals surface area contributed by atoms with Gasteiger partial charge in [-0.15, -0.1) is 11.3 Å². The maximum atomic E-state index is 12.3. The van der Waals surface area contributed by atoms with Crippen LogP contribution in [0.1, 0.15) is 34.8 Å². The second-order valence-corrected chi connectivity index (χ2v) is 6.75. The van der Waals surface area contributed by atoms with Gasteiger partial charge in [-0.25, -0.2) is 9.78 Å². The van der Waals surface area contributed by atoms with Crippen molar-refractivity contribution in [3.8, 4) is 0 Å². The van der Waals surface area contributed by atoms with Crippen LogP contribution in [-0.4, -0.2) is 27.9 Å². The number of amides is 2. The average molecular weight is 348 g/mol. The van der Waals surface area contributed by atoms with Crippen LogP contribution in [0.4, 0.5) is 10.5 Å². The molecule has 0 aliphatic carbocycles. The molecule has 0 spiro atoms. The molecule has 2 aromatic rings. The van der Waals surface area contributed by atoms with E-state index in [9.17, 15) is 14.9 Å². The van der Waals surface area contributed by atoms with E-state index in [0.717, 1.165) is 10.7 Å². The summed E-state index contributed by atoms with van der Waals surface area (Å²) in [7, 11) is 1.69. The molecule has 1 N–H and O–H groups in total. The van der Waals surface area contributed by atoms with E-state index in [1.807, 2.05) is 12.3 Å². The summed E-state index contributed by atoms with van der Waals surface area (Å²) in [5, 5.41) is 16.8. The molecule has 0 bridgehead atoms. The Hall–Kier alpha value is -2.48. The van der Waals surface area contributed by atoms with Gasteiger partial charge in [0.2, 0.25) is 0 Å². The molecular formula is C16H20N4O3S. The summed E-state index contributed by atoms with van der Waals surface area (Å²) in [4.78, 5) is 28.8. The summed E-state index contributed by atoms with van der Waals surface area (Å²) >= 11 is 1.54. The highest BCUT2D eigenvalue weighted by Gasteiger charge is 2.18. The van der Waals surface area contributed by atoms with Gasteiger partial charge < -0.3 is 10.2 Å². The number of hydrogen-bond donors (Lipinski definition) is 1. The molecule has 2 amide bonds. The van der Waals surface area contributed by atoms with E-state index in [1.54, 1.807) is 44.4 Å². The highest BCUT2D eigenvalue weighted by molar-refractivity contribution is 7.09. The maximum Gasteiger partial charge on any atom is 0.317 e. The third-order valence-corrected chi connectivity index (χ3v) is 4.50. The average Bonchev–Trinajstić information content (AvgIpc) is 2.92. The zero-order chi connectivity index (χ0) is 17.9. The van der Waals surface area contributed by atoms with E-state index in [4.69, 9.17) is 0 Å². The number of nitro groups is 1. The van der Waals surface area contributed by atoms with Crippen molar-refractivity contribution < 1.29 is 9.72 Å². The largest absolute Gasteiger partial charge is 0.331 e. The van der Waals surface area contributed by atoms with Crippen molar-refractivity contribution in [2.75, 3.05) is 7.05 Å². The summed E-state index contributed by atoms with van der Waals surface area (Å²) in [6.45, 7) is 5.82. The molecule has 1 heterocycles. The lowest BCUT2D eigenvalue weighted by molar-refractivity contribution is -0.385. The van der Waals surface area contributed by atoms with E-state index in [-0.39, 0.29) is 17.8 Å². The number of rotatable bonds is 5. The van der Waals surface area contributed by atoms with Gasteiger partial charge in [-0.3, -0.25) is 10.1 Å². The lowest BCUT2D eigenvalue weighted by Crippen LogP contribution is -2.38. The summed E-state index contributed by atoms with van der Waals surface area (Å²) in [6.07, 6.45) is 0. The van der Waals surface area contributed by atoms with Crippen molar-refractivity contribution in [2.45, 2.75) is 33.4 Å². The lowest BCUT2D eigenvalue weighted by atomic mass is 10.0. The fourth-order valence-corrected chi connectivity index (χ4v) is 2.87. The van der Waals surface area contributed by atoms with Crippen LogP contribution in [0.5, 0.6) is 0 Å². The van der Waals surface area contributed by atoms with Crippen molar-refractivity contribution in [3.05, 3.63) is 55.5 Å². The number of nitrogens with zero attached hydrogens (tertiary/aromatic N) is 3. The number of urea groups is 1. The lowest BCUT2D eigenvalue weighted by Gasteiger charge is -2.21. The molecule has 24 heavy (non-hydrogen) atoms. The van der Waals surface area contributed by atoms with Gasteiger partial charge in [0, 0.05) is 24.1 Å². The zero-order valence-electron chi connectivity index (χ0n) is 14.1. The smallest absolute Gasteiger partial charge is 0.317 e. The minimum atomic E-state index is -0.413. The third kappa shape index (κ3) is 4.29. The Morgan fingerprint density at radius 1 is 1.46 bits per heavy atom. The molecule has 1 atom stereocenters. The number of nitro benzene ring substituents is 1. The second kappa shape index (κ2) is 7.39. The standard InChI is InChI=1S/C16H20N4O3S/c1-10-5-6-13(7-15(10)20(22)23)11(2)17-16(21)19(4)8-14-9-24-12(3)18-14/h5-7,9,11H,8H2,1-4H3,(H,17,21)/t11-/m0/s1. The van der Waals surface area contributed by atoms with Crippen LogP contribution in [0.15, 0.2) is 23.6 Å².